The zero-order valence-electron chi connectivity index (χ0n) is 16.7. The van der Waals surface area contributed by atoms with E-state index in [0.29, 0.717) is 19.1 Å². The average Bonchev–Trinajstić information content (AvgIpc) is 2.73. The van der Waals surface area contributed by atoms with Crippen LogP contribution in [0, 0.1) is 0 Å². The summed E-state index contributed by atoms with van der Waals surface area (Å²) in [5.41, 5.74) is 0.934. The number of hydrogen-bond acceptors (Lipinski definition) is 3. The summed E-state index contributed by atoms with van der Waals surface area (Å²) in [5.74, 6) is 0.779. The highest BCUT2D eigenvalue weighted by Crippen LogP contribution is 2.18. The van der Waals surface area contributed by atoms with E-state index in [1.54, 1.807) is 13.2 Å². The van der Waals surface area contributed by atoms with E-state index in [0.717, 1.165) is 37.0 Å². The molecule has 2 fully saturated rings. The van der Waals surface area contributed by atoms with Gasteiger partial charge in [0.25, 0.3) is 0 Å². The lowest BCUT2D eigenvalue weighted by Gasteiger charge is -2.32. The van der Waals surface area contributed by atoms with Crippen molar-refractivity contribution in [3.8, 4) is 5.75 Å². The van der Waals surface area contributed by atoms with Crippen molar-refractivity contribution in [1.29, 1.82) is 0 Å². The van der Waals surface area contributed by atoms with E-state index < -0.39 is 0 Å². The van der Waals surface area contributed by atoms with Crippen LogP contribution in [-0.4, -0.2) is 49.1 Å². The predicted octanol–water partition coefficient (Wildman–Crippen LogP) is 3.33. The first-order valence-electron chi connectivity index (χ1n) is 10.3. The maximum atomic E-state index is 12.4. The van der Waals surface area contributed by atoms with Crippen molar-refractivity contribution in [2.75, 3.05) is 20.2 Å². The van der Waals surface area contributed by atoms with Gasteiger partial charge in [0.15, 0.2) is 0 Å². The zero-order valence-corrected chi connectivity index (χ0v) is 16.7. The number of ether oxygens (including phenoxy) is 1. The third-order valence-electron chi connectivity index (χ3n) is 5.59. The standard InChI is InChI=1S/C22H31N3O3/c1-28-20-9-5-6-17(16-20)10-11-21(26)25-14-12-19(13-15-25)24-22(27)23-18-7-3-2-4-8-18/h5-6,9-11,16,18-19H,2-4,7-8,12-15H2,1H3,(H2,23,24,27)/b11-10+. The van der Waals surface area contributed by atoms with Crippen LogP contribution in [0.1, 0.15) is 50.5 Å². The SMILES string of the molecule is COc1cccc(/C=C/C(=O)N2CCC(NC(=O)NC3CCCCC3)CC2)c1. The first kappa shape index (κ1) is 20.2. The number of rotatable bonds is 5. The molecule has 0 bridgehead atoms. The van der Waals surface area contributed by atoms with Gasteiger partial charge in [0, 0.05) is 31.2 Å². The number of piperidine rings is 1. The van der Waals surface area contributed by atoms with Gasteiger partial charge in [-0.1, -0.05) is 31.4 Å². The quantitative estimate of drug-likeness (QED) is 0.764. The molecule has 0 aromatic heterocycles. The van der Waals surface area contributed by atoms with Gasteiger partial charge in [-0.2, -0.15) is 0 Å². The summed E-state index contributed by atoms with van der Waals surface area (Å²) in [6.07, 6.45) is 10.8. The monoisotopic (exact) mass is 385 g/mol. The van der Waals surface area contributed by atoms with Crippen molar-refractivity contribution < 1.29 is 14.3 Å². The number of nitrogens with zero attached hydrogens (tertiary/aromatic N) is 1. The van der Waals surface area contributed by atoms with Crippen LogP contribution in [0.25, 0.3) is 6.08 Å². The molecule has 152 valence electrons. The molecule has 2 N–H and O–H groups in total. The van der Waals surface area contributed by atoms with Crippen molar-refractivity contribution in [1.82, 2.24) is 15.5 Å². The van der Waals surface area contributed by atoms with Crippen molar-refractivity contribution in [3.05, 3.63) is 35.9 Å². The molecule has 1 aromatic carbocycles. The maximum Gasteiger partial charge on any atom is 0.315 e. The molecule has 0 radical (unpaired) electrons. The van der Waals surface area contributed by atoms with Gasteiger partial charge in [0.1, 0.15) is 5.75 Å². The van der Waals surface area contributed by atoms with Crippen LogP contribution >= 0.6 is 0 Å². The molecule has 1 aliphatic carbocycles. The normalized spacial score (nSPS) is 18.8. The fourth-order valence-electron chi connectivity index (χ4n) is 3.92. The zero-order chi connectivity index (χ0) is 19.8. The minimum Gasteiger partial charge on any atom is -0.497 e. The van der Waals surface area contributed by atoms with E-state index in [2.05, 4.69) is 10.6 Å². The fourth-order valence-corrected chi connectivity index (χ4v) is 3.92. The molecule has 1 aromatic rings. The molecule has 3 rings (SSSR count). The van der Waals surface area contributed by atoms with Gasteiger partial charge in [-0.25, -0.2) is 4.79 Å². The lowest BCUT2D eigenvalue weighted by Crippen LogP contribution is -2.51. The van der Waals surface area contributed by atoms with Gasteiger partial charge >= 0.3 is 6.03 Å². The highest BCUT2D eigenvalue weighted by molar-refractivity contribution is 5.91. The summed E-state index contributed by atoms with van der Waals surface area (Å²) in [4.78, 5) is 26.4. The summed E-state index contributed by atoms with van der Waals surface area (Å²) in [5, 5.41) is 6.17. The van der Waals surface area contributed by atoms with Crippen LogP contribution in [0.2, 0.25) is 0 Å². The third kappa shape index (κ3) is 6.01. The van der Waals surface area contributed by atoms with E-state index >= 15 is 0 Å². The second kappa shape index (κ2) is 10.2. The Bertz CT molecular complexity index is 690. The Morgan fingerprint density at radius 2 is 1.71 bits per heavy atom. The summed E-state index contributed by atoms with van der Waals surface area (Å²) in [7, 11) is 1.63. The molecule has 1 aliphatic heterocycles. The smallest absolute Gasteiger partial charge is 0.315 e. The minimum absolute atomic E-state index is 0.00734. The molecular formula is C22H31N3O3. The van der Waals surface area contributed by atoms with Crippen LogP contribution in [0.5, 0.6) is 5.75 Å². The Balaban J connectivity index is 1.40. The first-order valence-corrected chi connectivity index (χ1v) is 10.3. The topological polar surface area (TPSA) is 70.7 Å². The van der Waals surface area contributed by atoms with Gasteiger partial charge in [0.2, 0.25) is 5.91 Å². The van der Waals surface area contributed by atoms with E-state index in [4.69, 9.17) is 4.74 Å². The Morgan fingerprint density at radius 1 is 1.04 bits per heavy atom. The fraction of sp³-hybridized carbons (Fsp3) is 0.545. The number of hydrogen-bond donors (Lipinski definition) is 2. The molecule has 0 spiro atoms. The molecule has 1 saturated carbocycles. The van der Waals surface area contributed by atoms with E-state index in [1.165, 1.54) is 19.3 Å². The first-order chi connectivity index (χ1) is 13.6. The molecule has 1 saturated heterocycles. The number of urea groups is 1. The number of benzene rings is 1. The number of likely N-dealkylation sites (tertiary alicyclic amines) is 1. The molecule has 3 amide bonds. The Hall–Kier alpha value is -2.50. The summed E-state index contributed by atoms with van der Waals surface area (Å²) in [6, 6.07) is 8.00. The average molecular weight is 386 g/mol. The van der Waals surface area contributed by atoms with E-state index in [-0.39, 0.29) is 18.0 Å². The number of amides is 3. The molecule has 6 nitrogen and oxygen atoms in total. The maximum absolute atomic E-state index is 12.4. The van der Waals surface area contributed by atoms with Crippen LogP contribution in [-0.2, 0) is 4.79 Å². The summed E-state index contributed by atoms with van der Waals surface area (Å²) in [6.45, 7) is 1.32. The number of nitrogens with one attached hydrogen (secondary N) is 2. The van der Waals surface area contributed by atoms with Crippen LogP contribution in [0.15, 0.2) is 30.3 Å². The Labute approximate surface area is 167 Å². The number of carbonyl (C=O) groups excluding carboxylic acids is 2. The molecule has 6 heteroatoms. The van der Waals surface area contributed by atoms with Crippen molar-refractivity contribution >= 4 is 18.0 Å². The highest BCUT2D eigenvalue weighted by Gasteiger charge is 2.23. The second-order valence-corrected chi connectivity index (χ2v) is 7.66. The molecule has 1 heterocycles. The molecule has 28 heavy (non-hydrogen) atoms. The van der Waals surface area contributed by atoms with Gasteiger partial charge in [-0.15, -0.1) is 0 Å². The molecule has 2 aliphatic rings. The largest absolute Gasteiger partial charge is 0.497 e. The molecular weight excluding hydrogens is 354 g/mol. The van der Waals surface area contributed by atoms with Crippen LogP contribution in [0.4, 0.5) is 4.79 Å². The van der Waals surface area contributed by atoms with Gasteiger partial charge in [0.05, 0.1) is 7.11 Å². The third-order valence-corrected chi connectivity index (χ3v) is 5.59. The van der Waals surface area contributed by atoms with Crippen LogP contribution < -0.4 is 15.4 Å². The molecule has 0 atom stereocenters. The minimum atomic E-state index is -0.0606. The van der Waals surface area contributed by atoms with Gasteiger partial charge in [-0.3, -0.25) is 4.79 Å². The second-order valence-electron chi connectivity index (χ2n) is 7.66. The molecule has 0 unspecified atom stereocenters. The van der Waals surface area contributed by atoms with Crippen molar-refractivity contribution in [2.45, 2.75) is 57.0 Å². The Morgan fingerprint density at radius 3 is 2.39 bits per heavy atom. The lowest BCUT2D eigenvalue weighted by atomic mass is 9.96. The highest BCUT2D eigenvalue weighted by atomic mass is 16.5. The van der Waals surface area contributed by atoms with Gasteiger partial charge in [-0.05, 0) is 49.5 Å². The van der Waals surface area contributed by atoms with Gasteiger partial charge < -0.3 is 20.3 Å². The van der Waals surface area contributed by atoms with E-state index in [9.17, 15) is 9.59 Å². The Kier molecular flexibility index (Phi) is 7.34. The van der Waals surface area contributed by atoms with Crippen molar-refractivity contribution in [2.24, 2.45) is 0 Å². The predicted molar refractivity (Wildman–Crippen MR) is 110 cm³/mol. The van der Waals surface area contributed by atoms with Crippen LogP contribution in [0.3, 0.4) is 0 Å². The summed E-state index contributed by atoms with van der Waals surface area (Å²) < 4.78 is 5.20. The summed E-state index contributed by atoms with van der Waals surface area (Å²) >= 11 is 0. The number of carbonyl (C=O) groups is 2. The number of methoxy groups -OCH3 is 1. The van der Waals surface area contributed by atoms with E-state index in [1.807, 2.05) is 35.2 Å². The van der Waals surface area contributed by atoms with Crippen molar-refractivity contribution in [3.63, 3.8) is 0 Å². The lowest BCUT2D eigenvalue weighted by molar-refractivity contribution is -0.126.